The summed E-state index contributed by atoms with van der Waals surface area (Å²) in [5.74, 6) is 1.40. The standard InChI is InChI=1S/C9H6F3N/c10-9(11,12)8(6-13)7-4-2-1-3-5-7/h1-5,13H. The van der Waals surface area contributed by atoms with Crippen LogP contribution in [-0.2, 0) is 0 Å². The summed E-state index contributed by atoms with van der Waals surface area (Å²) in [5, 5.41) is 6.55. The van der Waals surface area contributed by atoms with Gasteiger partial charge >= 0.3 is 6.18 Å². The van der Waals surface area contributed by atoms with Gasteiger partial charge in [0.1, 0.15) is 5.57 Å². The molecule has 0 amide bonds. The summed E-state index contributed by atoms with van der Waals surface area (Å²) in [6.07, 6.45) is -4.51. The highest BCUT2D eigenvalue weighted by atomic mass is 19.4. The number of nitrogens with one attached hydrogen (secondary N) is 1. The minimum atomic E-state index is -4.51. The molecule has 0 spiro atoms. The second kappa shape index (κ2) is 3.46. The fraction of sp³-hybridized carbons (Fsp3) is 0.111. The zero-order valence-electron chi connectivity index (χ0n) is 6.52. The largest absolute Gasteiger partial charge is 0.425 e. The second-order valence-corrected chi connectivity index (χ2v) is 2.36. The van der Waals surface area contributed by atoms with Crippen molar-refractivity contribution in [1.82, 2.24) is 0 Å². The lowest BCUT2D eigenvalue weighted by Crippen LogP contribution is -2.10. The number of alkyl halides is 3. The smallest absolute Gasteiger partial charge is 0.258 e. The van der Waals surface area contributed by atoms with Gasteiger partial charge in [0, 0.05) is 0 Å². The Morgan fingerprint density at radius 2 is 1.69 bits per heavy atom. The molecule has 13 heavy (non-hydrogen) atoms. The zero-order valence-corrected chi connectivity index (χ0v) is 6.52. The highest BCUT2D eigenvalue weighted by molar-refractivity contribution is 5.90. The molecule has 1 nitrogen and oxygen atoms in total. The Balaban J connectivity index is 3.15. The van der Waals surface area contributed by atoms with E-state index in [0.29, 0.717) is 0 Å². The Hall–Kier alpha value is -1.54. The molecule has 0 aliphatic heterocycles. The average molecular weight is 185 g/mol. The maximum Gasteiger partial charge on any atom is 0.425 e. The number of hydrogen-bond donors (Lipinski definition) is 1. The van der Waals surface area contributed by atoms with Crippen molar-refractivity contribution >= 4 is 11.4 Å². The summed E-state index contributed by atoms with van der Waals surface area (Å²) in [5.41, 5.74) is -1.09. The van der Waals surface area contributed by atoms with E-state index < -0.39 is 11.7 Å². The van der Waals surface area contributed by atoms with Crippen LogP contribution in [0.4, 0.5) is 13.2 Å². The molecule has 0 saturated carbocycles. The lowest BCUT2D eigenvalue weighted by Gasteiger charge is -2.07. The van der Waals surface area contributed by atoms with Crippen LogP contribution in [0.2, 0.25) is 0 Å². The molecule has 0 atom stereocenters. The number of rotatable bonds is 1. The van der Waals surface area contributed by atoms with Crippen LogP contribution in [-0.4, -0.2) is 12.0 Å². The van der Waals surface area contributed by atoms with E-state index >= 15 is 0 Å². The number of allylic oxidation sites excluding steroid dienone is 1. The number of benzene rings is 1. The maximum absolute atomic E-state index is 12.2. The van der Waals surface area contributed by atoms with Crippen molar-refractivity contribution in [2.24, 2.45) is 0 Å². The molecule has 0 fully saturated rings. The molecule has 1 N–H and O–H groups in total. The summed E-state index contributed by atoms with van der Waals surface area (Å²) in [6, 6.07) is 7.17. The molecule has 68 valence electrons. The van der Waals surface area contributed by atoms with Crippen molar-refractivity contribution in [3.8, 4) is 0 Å². The molecule has 1 aromatic rings. The summed E-state index contributed by atoms with van der Waals surface area (Å²) >= 11 is 0. The molecule has 0 unspecified atom stereocenters. The van der Waals surface area contributed by atoms with Crippen molar-refractivity contribution < 1.29 is 13.2 Å². The molecule has 0 aromatic heterocycles. The van der Waals surface area contributed by atoms with Gasteiger partial charge in [-0.3, -0.25) is 5.41 Å². The molecule has 1 aromatic carbocycles. The molecule has 0 aliphatic rings. The van der Waals surface area contributed by atoms with Crippen LogP contribution >= 0.6 is 0 Å². The fourth-order valence-electron chi connectivity index (χ4n) is 0.912. The predicted molar refractivity (Wildman–Crippen MR) is 43.6 cm³/mol. The van der Waals surface area contributed by atoms with Gasteiger partial charge in [0.25, 0.3) is 0 Å². The van der Waals surface area contributed by atoms with Gasteiger partial charge in [0.15, 0.2) is 0 Å². The third-order valence-corrected chi connectivity index (χ3v) is 1.47. The molecule has 0 radical (unpaired) electrons. The Bertz CT molecular complexity index is 334. The first-order valence-corrected chi connectivity index (χ1v) is 3.48. The molecule has 0 aliphatic carbocycles. The minimum Gasteiger partial charge on any atom is -0.258 e. The van der Waals surface area contributed by atoms with Crippen LogP contribution < -0.4 is 0 Å². The monoisotopic (exact) mass is 185 g/mol. The topological polar surface area (TPSA) is 23.9 Å². The Kier molecular flexibility index (Phi) is 2.54. The van der Waals surface area contributed by atoms with Gasteiger partial charge < -0.3 is 0 Å². The predicted octanol–water partition coefficient (Wildman–Crippen LogP) is 2.88. The fourth-order valence-corrected chi connectivity index (χ4v) is 0.912. The number of hydrogen-bond acceptors (Lipinski definition) is 1. The van der Waals surface area contributed by atoms with Gasteiger partial charge in [-0.15, -0.1) is 0 Å². The third kappa shape index (κ3) is 2.20. The first-order valence-electron chi connectivity index (χ1n) is 3.48. The maximum atomic E-state index is 12.2. The molecular formula is C9H6F3N. The lowest BCUT2D eigenvalue weighted by molar-refractivity contribution is -0.0679. The summed E-state index contributed by atoms with van der Waals surface area (Å²) in [7, 11) is 0. The van der Waals surface area contributed by atoms with Gasteiger partial charge in [-0.05, 0) is 11.4 Å². The molecule has 0 bridgehead atoms. The van der Waals surface area contributed by atoms with Crippen molar-refractivity contribution in [2.75, 3.05) is 0 Å². The first kappa shape index (κ1) is 9.55. The molecule has 4 heteroatoms. The van der Waals surface area contributed by atoms with Crippen LogP contribution in [0.1, 0.15) is 5.56 Å². The quantitative estimate of drug-likeness (QED) is 0.650. The molecule has 0 heterocycles. The summed E-state index contributed by atoms with van der Waals surface area (Å²) in [6.45, 7) is 0. The van der Waals surface area contributed by atoms with Crippen molar-refractivity contribution in [1.29, 1.82) is 5.41 Å². The normalized spacial score (nSPS) is 10.7. The van der Waals surface area contributed by atoms with E-state index in [2.05, 4.69) is 0 Å². The molecule has 0 saturated heterocycles. The van der Waals surface area contributed by atoms with Crippen LogP contribution in [0.15, 0.2) is 30.3 Å². The van der Waals surface area contributed by atoms with Gasteiger partial charge in [0.2, 0.25) is 0 Å². The van der Waals surface area contributed by atoms with E-state index in [1.54, 1.807) is 6.07 Å². The van der Waals surface area contributed by atoms with E-state index in [1.807, 2.05) is 0 Å². The summed E-state index contributed by atoms with van der Waals surface area (Å²) < 4.78 is 36.6. The SMILES string of the molecule is N=C=C(c1ccccc1)C(F)(F)F. The Labute approximate surface area is 73.0 Å². The first-order chi connectivity index (χ1) is 6.05. The number of halogens is 3. The molecular weight excluding hydrogens is 179 g/mol. The zero-order chi connectivity index (χ0) is 9.90. The molecule has 1 rings (SSSR count). The van der Waals surface area contributed by atoms with E-state index in [1.165, 1.54) is 30.1 Å². The van der Waals surface area contributed by atoms with Crippen LogP contribution in [0.25, 0.3) is 5.57 Å². The van der Waals surface area contributed by atoms with Crippen molar-refractivity contribution in [2.45, 2.75) is 6.18 Å². The highest BCUT2D eigenvalue weighted by Crippen LogP contribution is 2.31. The van der Waals surface area contributed by atoms with Crippen molar-refractivity contribution in [3.05, 3.63) is 35.9 Å². The van der Waals surface area contributed by atoms with Gasteiger partial charge in [0.05, 0.1) is 0 Å². The summed E-state index contributed by atoms with van der Waals surface area (Å²) in [4.78, 5) is 0. The van der Waals surface area contributed by atoms with Gasteiger partial charge in [-0.2, -0.15) is 13.2 Å². The average Bonchev–Trinajstić information content (AvgIpc) is 2.05. The highest BCUT2D eigenvalue weighted by Gasteiger charge is 2.34. The lowest BCUT2D eigenvalue weighted by atomic mass is 10.1. The third-order valence-electron chi connectivity index (χ3n) is 1.47. The van der Waals surface area contributed by atoms with Gasteiger partial charge in [-0.25, -0.2) is 0 Å². The van der Waals surface area contributed by atoms with E-state index in [-0.39, 0.29) is 5.56 Å². The Morgan fingerprint density at radius 3 is 2.08 bits per heavy atom. The van der Waals surface area contributed by atoms with E-state index in [4.69, 9.17) is 5.41 Å². The van der Waals surface area contributed by atoms with Gasteiger partial charge in [-0.1, -0.05) is 30.3 Å². The van der Waals surface area contributed by atoms with Crippen molar-refractivity contribution in [3.63, 3.8) is 0 Å². The minimum absolute atomic E-state index is 0.0370. The van der Waals surface area contributed by atoms with Crippen LogP contribution in [0.5, 0.6) is 0 Å². The van der Waals surface area contributed by atoms with Crippen LogP contribution in [0, 0.1) is 5.41 Å². The van der Waals surface area contributed by atoms with E-state index in [0.717, 1.165) is 0 Å². The Morgan fingerprint density at radius 1 is 1.15 bits per heavy atom. The van der Waals surface area contributed by atoms with Crippen LogP contribution in [0.3, 0.4) is 0 Å². The van der Waals surface area contributed by atoms with E-state index in [9.17, 15) is 13.2 Å². The second-order valence-electron chi connectivity index (χ2n) is 2.36.